The number of oxazole rings is 1. The zero-order valence-corrected chi connectivity index (χ0v) is 14.2. The van der Waals surface area contributed by atoms with Gasteiger partial charge >= 0.3 is 5.76 Å². The monoisotopic (exact) mass is 340 g/mol. The maximum atomic E-state index is 12.1. The number of nitrogens with one attached hydrogen (secondary N) is 1. The molecule has 0 atom stereocenters. The molecule has 3 rings (SSSR count). The Labute approximate surface area is 145 Å². The van der Waals surface area contributed by atoms with Crippen LogP contribution in [0, 0.1) is 0 Å². The second-order valence-corrected chi connectivity index (χ2v) is 5.86. The Bertz CT molecular complexity index is 955. The molecule has 0 saturated carbocycles. The summed E-state index contributed by atoms with van der Waals surface area (Å²) in [5.74, 6) is 0.341. The van der Waals surface area contributed by atoms with Gasteiger partial charge in [0.2, 0.25) is 5.91 Å². The summed E-state index contributed by atoms with van der Waals surface area (Å²) in [7, 11) is 3.28. The van der Waals surface area contributed by atoms with Gasteiger partial charge in [0.15, 0.2) is 5.58 Å². The van der Waals surface area contributed by atoms with Crippen LogP contribution in [0.25, 0.3) is 11.1 Å². The standard InChI is InChI=1S/C19H20N2O4/c1-21-16-11-14(6-7-17(16)25-19(21)23)12-18(22)20-9-8-13-4-3-5-15(10-13)24-2/h3-7,10-11H,8-9,12H2,1-2H3,(H,20,22). The summed E-state index contributed by atoms with van der Waals surface area (Å²) in [6.07, 6.45) is 0.992. The van der Waals surface area contributed by atoms with Crippen molar-refractivity contribution < 1.29 is 13.9 Å². The van der Waals surface area contributed by atoms with Crippen molar-refractivity contribution in [2.24, 2.45) is 7.05 Å². The summed E-state index contributed by atoms with van der Waals surface area (Å²) < 4.78 is 11.7. The summed E-state index contributed by atoms with van der Waals surface area (Å²) in [6, 6.07) is 13.1. The zero-order valence-electron chi connectivity index (χ0n) is 14.2. The van der Waals surface area contributed by atoms with E-state index < -0.39 is 5.76 Å². The molecule has 1 N–H and O–H groups in total. The lowest BCUT2D eigenvalue weighted by molar-refractivity contribution is -0.120. The molecule has 0 spiro atoms. The minimum atomic E-state index is -0.408. The van der Waals surface area contributed by atoms with Crippen LogP contribution in [0.15, 0.2) is 51.7 Å². The van der Waals surface area contributed by atoms with Crippen LogP contribution in [-0.4, -0.2) is 24.1 Å². The maximum absolute atomic E-state index is 12.1. The molecule has 0 fully saturated rings. The Balaban J connectivity index is 1.57. The van der Waals surface area contributed by atoms with Crippen molar-refractivity contribution in [1.82, 2.24) is 9.88 Å². The Hall–Kier alpha value is -3.02. The van der Waals surface area contributed by atoms with E-state index in [0.29, 0.717) is 17.6 Å². The van der Waals surface area contributed by atoms with Crippen molar-refractivity contribution in [3.63, 3.8) is 0 Å². The minimum absolute atomic E-state index is 0.0595. The molecule has 0 bridgehead atoms. The minimum Gasteiger partial charge on any atom is -0.497 e. The molecule has 2 aromatic carbocycles. The first-order valence-corrected chi connectivity index (χ1v) is 8.05. The van der Waals surface area contributed by atoms with Gasteiger partial charge in [-0.05, 0) is 41.8 Å². The lowest BCUT2D eigenvalue weighted by Gasteiger charge is -2.07. The molecule has 1 heterocycles. The molecule has 0 saturated heterocycles. The summed E-state index contributed by atoms with van der Waals surface area (Å²) in [5, 5.41) is 2.91. The predicted octanol–water partition coefficient (Wildman–Crippen LogP) is 2.04. The Kier molecular flexibility index (Phi) is 4.88. The van der Waals surface area contributed by atoms with Crippen molar-refractivity contribution >= 4 is 17.0 Å². The summed E-state index contributed by atoms with van der Waals surface area (Å²) in [6.45, 7) is 0.554. The van der Waals surface area contributed by atoms with Crippen molar-refractivity contribution in [3.05, 3.63) is 64.1 Å². The number of carbonyl (C=O) groups is 1. The van der Waals surface area contributed by atoms with Gasteiger partial charge in [-0.2, -0.15) is 0 Å². The van der Waals surface area contributed by atoms with Crippen LogP contribution in [0.1, 0.15) is 11.1 Å². The third-order valence-corrected chi connectivity index (χ3v) is 4.09. The van der Waals surface area contributed by atoms with Crippen LogP contribution in [0.4, 0.5) is 0 Å². The Morgan fingerprint density at radius 1 is 1.20 bits per heavy atom. The number of nitrogens with zero attached hydrogens (tertiary/aromatic N) is 1. The number of aryl methyl sites for hydroxylation is 1. The SMILES string of the molecule is COc1cccc(CCNC(=O)Cc2ccc3oc(=O)n(C)c3c2)c1. The number of hydrogen-bond donors (Lipinski definition) is 1. The van der Waals surface area contributed by atoms with E-state index in [0.717, 1.165) is 23.3 Å². The quantitative estimate of drug-likeness (QED) is 0.745. The van der Waals surface area contributed by atoms with Gasteiger partial charge in [0.05, 0.1) is 19.0 Å². The number of aromatic nitrogens is 1. The molecule has 25 heavy (non-hydrogen) atoms. The first kappa shape index (κ1) is 16.8. The van der Waals surface area contributed by atoms with Crippen molar-refractivity contribution in [3.8, 4) is 5.75 Å². The molecular formula is C19H20N2O4. The van der Waals surface area contributed by atoms with Gasteiger partial charge in [0.25, 0.3) is 0 Å². The van der Waals surface area contributed by atoms with Crippen molar-refractivity contribution in [2.45, 2.75) is 12.8 Å². The van der Waals surface area contributed by atoms with Gasteiger partial charge < -0.3 is 14.5 Å². The topological polar surface area (TPSA) is 73.5 Å². The van der Waals surface area contributed by atoms with Gasteiger partial charge in [-0.15, -0.1) is 0 Å². The highest BCUT2D eigenvalue weighted by Gasteiger charge is 2.09. The van der Waals surface area contributed by atoms with Crippen molar-refractivity contribution in [2.75, 3.05) is 13.7 Å². The number of amides is 1. The number of rotatable bonds is 6. The lowest BCUT2D eigenvalue weighted by Crippen LogP contribution is -2.27. The van der Waals surface area contributed by atoms with E-state index in [9.17, 15) is 9.59 Å². The van der Waals surface area contributed by atoms with Crippen LogP contribution in [0.5, 0.6) is 5.75 Å². The first-order valence-electron chi connectivity index (χ1n) is 8.05. The van der Waals surface area contributed by atoms with E-state index in [-0.39, 0.29) is 12.3 Å². The molecule has 1 aromatic heterocycles. The maximum Gasteiger partial charge on any atom is 0.419 e. The zero-order chi connectivity index (χ0) is 17.8. The fraction of sp³-hybridized carbons (Fsp3) is 0.263. The third-order valence-electron chi connectivity index (χ3n) is 4.09. The molecule has 130 valence electrons. The Morgan fingerprint density at radius 2 is 2.04 bits per heavy atom. The first-order chi connectivity index (χ1) is 12.1. The van der Waals surface area contributed by atoms with Gasteiger partial charge in [0.1, 0.15) is 5.75 Å². The van der Waals surface area contributed by atoms with E-state index >= 15 is 0 Å². The molecule has 0 aliphatic heterocycles. The fourth-order valence-electron chi connectivity index (χ4n) is 2.70. The predicted molar refractivity (Wildman–Crippen MR) is 94.9 cm³/mol. The van der Waals surface area contributed by atoms with E-state index in [1.807, 2.05) is 30.3 Å². The summed E-state index contributed by atoms with van der Waals surface area (Å²) >= 11 is 0. The average Bonchev–Trinajstić information content (AvgIpc) is 2.89. The number of methoxy groups -OCH3 is 1. The molecule has 6 heteroatoms. The highest BCUT2D eigenvalue weighted by Crippen LogP contribution is 2.15. The van der Waals surface area contributed by atoms with Gasteiger partial charge in [0, 0.05) is 13.6 Å². The lowest BCUT2D eigenvalue weighted by atomic mass is 10.1. The van der Waals surface area contributed by atoms with Crippen molar-refractivity contribution in [1.29, 1.82) is 0 Å². The largest absolute Gasteiger partial charge is 0.497 e. The summed E-state index contributed by atoms with van der Waals surface area (Å²) in [4.78, 5) is 23.6. The molecule has 0 unspecified atom stereocenters. The molecule has 0 aliphatic carbocycles. The summed E-state index contributed by atoms with van der Waals surface area (Å²) in [5.41, 5.74) is 3.15. The number of fused-ring (bicyclic) bond motifs is 1. The molecule has 0 aliphatic rings. The van der Waals surface area contributed by atoms with Gasteiger partial charge in [-0.25, -0.2) is 4.79 Å². The van der Waals surface area contributed by atoms with Crippen LogP contribution in [-0.2, 0) is 24.7 Å². The molecule has 0 radical (unpaired) electrons. The van der Waals surface area contributed by atoms with E-state index in [1.165, 1.54) is 4.57 Å². The van der Waals surface area contributed by atoms with Crippen LogP contribution < -0.4 is 15.8 Å². The van der Waals surface area contributed by atoms with Crippen LogP contribution >= 0.6 is 0 Å². The number of benzene rings is 2. The highest BCUT2D eigenvalue weighted by molar-refractivity contribution is 5.81. The van der Waals surface area contributed by atoms with Gasteiger partial charge in [-0.1, -0.05) is 18.2 Å². The molecular weight excluding hydrogens is 320 g/mol. The normalized spacial score (nSPS) is 10.8. The molecule has 6 nitrogen and oxygen atoms in total. The fourth-order valence-corrected chi connectivity index (χ4v) is 2.70. The molecule has 3 aromatic rings. The van der Waals surface area contributed by atoms with E-state index in [2.05, 4.69) is 5.32 Å². The number of hydrogen-bond acceptors (Lipinski definition) is 4. The second-order valence-electron chi connectivity index (χ2n) is 5.86. The van der Waals surface area contributed by atoms with Crippen LogP contribution in [0.3, 0.4) is 0 Å². The average molecular weight is 340 g/mol. The smallest absolute Gasteiger partial charge is 0.419 e. The molecule has 1 amide bonds. The number of carbonyl (C=O) groups excluding carboxylic acids is 1. The van der Waals surface area contributed by atoms with E-state index in [1.54, 1.807) is 26.3 Å². The Morgan fingerprint density at radius 3 is 2.84 bits per heavy atom. The number of ether oxygens (including phenoxy) is 1. The van der Waals surface area contributed by atoms with Crippen LogP contribution in [0.2, 0.25) is 0 Å². The third kappa shape index (κ3) is 3.91. The van der Waals surface area contributed by atoms with E-state index in [4.69, 9.17) is 9.15 Å². The second kappa shape index (κ2) is 7.25. The highest BCUT2D eigenvalue weighted by atomic mass is 16.5. The van der Waals surface area contributed by atoms with Gasteiger partial charge in [-0.3, -0.25) is 9.36 Å².